The van der Waals surface area contributed by atoms with Crippen LogP contribution in [0.1, 0.15) is 10.4 Å². The molecular formula is C17H17NO3S. The van der Waals surface area contributed by atoms with Crippen LogP contribution < -0.4 is 5.32 Å². The molecule has 2 rings (SSSR count). The van der Waals surface area contributed by atoms with Crippen molar-refractivity contribution in [3.63, 3.8) is 0 Å². The first-order chi connectivity index (χ1) is 10.7. The van der Waals surface area contributed by atoms with Crippen LogP contribution in [-0.2, 0) is 9.53 Å². The average molecular weight is 315 g/mol. The summed E-state index contributed by atoms with van der Waals surface area (Å²) >= 11 is 1.49. The molecule has 22 heavy (non-hydrogen) atoms. The van der Waals surface area contributed by atoms with Crippen molar-refractivity contribution in [3.8, 4) is 0 Å². The number of carbonyl (C=O) groups is 2. The highest BCUT2D eigenvalue weighted by Gasteiger charge is 2.22. The molecule has 1 atom stereocenters. The molecule has 0 saturated heterocycles. The van der Waals surface area contributed by atoms with Crippen LogP contribution in [-0.4, -0.2) is 30.8 Å². The third-order valence-corrected chi connectivity index (χ3v) is 4.09. The van der Waals surface area contributed by atoms with E-state index in [2.05, 4.69) is 5.32 Å². The van der Waals surface area contributed by atoms with Crippen LogP contribution >= 0.6 is 11.8 Å². The van der Waals surface area contributed by atoms with Crippen molar-refractivity contribution in [2.75, 3.05) is 12.9 Å². The number of carbonyl (C=O) groups excluding carboxylic acids is 2. The minimum atomic E-state index is -0.692. The maximum Gasteiger partial charge on any atom is 0.329 e. The van der Waals surface area contributed by atoms with Crippen molar-refractivity contribution in [1.29, 1.82) is 0 Å². The number of ether oxygens (including phenoxy) is 1. The highest BCUT2D eigenvalue weighted by atomic mass is 32.2. The van der Waals surface area contributed by atoms with Crippen LogP contribution in [0.15, 0.2) is 65.6 Å². The molecule has 2 aromatic rings. The summed E-state index contributed by atoms with van der Waals surface area (Å²) in [6, 6.07) is 17.8. The summed E-state index contributed by atoms with van der Waals surface area (Å²) < 4.78 is 4.77. The average Bonchev–Trinajstić information content (AvgIpc) is 2.59. The van der Waals surface area contributed by atoms with Gasteiger partial charge in [-0.1, -0.05) is 36.4 Å². The summed E-state index contributed by atoms with van der Waals surface area (Å²) in [5.74, 6) is -0.327. The lowest BCUT2D eigenvalue weighted by Gasteiger charge is -2.16. The van der Waals surface area contributed by atoms with E-state index in [1.165, 1.54) is 18.9 Å². The van der Waals surface area contributed by atoms with E-state index in [9.17, 15) is 9.59 Å². The van der Waals surface area contributed by atoms with Crippen molar-refractivity contribution in [2.24, 2.45) is 0 Å². The Kier molecular flexibility index (Phi) is 6.03. The summed E-state index contributed by atoms with van der Waals surface area (Å²) in [6.45, 7) is 0. The summed E-state index contributed by atoms with van der Waals surface area (Å²) in [7, 11) is 1.32. The smallest absolute Gasteiger partial charge is 0.329 e. The van der Waals surface area contributed by atoms with Crippen molar-refractivity contribution in [1.82, 2.24) is 5.32 Å². The number of amides is 1. The number of benzene rings is 2. The number of hydrogen-bond acceptors (Lipinski definition) is 4. The third kappa shape index (κ3) is 4.63. The maximum atomic E-state index is 12.2. The minimum absolute atomic E-state index is 0.287. The van der Waals surface area contributed by atoms with Crippen LogP contribution in [0.2, 0.25) is 0 Å². The fraction of sp³-hybridized carbons (Fsp3) is 0.176. The van der Waals surface area contributed by atoms with E-state index >= 15 is 0 Å². The van der Waals surface area contributed by atoms with Gasteiger partial charge in [-0.2, -0.15) is 0 Å². The fourth-order valence-electron chi connectivity index (χ4n) is 1.84. The Labute approximate surface area is 133 Å². The van der Waals surface area contributed by atoms with Gasteiger partial charge in [0, 0.05) is 16.2 Å². The predicted molar refractivity (Wildman–Crippen MR) is 86.9 cm³/mol. The van der Waals surface area contributed by atoms with Crippen LogP contribution in [0.5, 0.6) is 0 Å². The van der Waals surface area contributed by atoms with Gasteiger partial charge in [0.2, 0.25) is 0 Å². The Balaban J connectivity index is 2.00. The standard InChI is InChI=1S/C17H17NO3S/c1-21-17(20)15(12-22-14-10-6-3-7-11-14)18-16(19)13-8-4-2-5-9-13/h2-11,15H,12H2,1H3,(H,18,19). The van der Waals surface area contributed by atoms with Crippen LogP contribution in [0.3, 0.4) is 0 Å². The lowest BCUT2D eigenvalue weighted by molar-refractivity contribution is -0.142. The van der Waals surface area contributed by atoms with Crippen LogP contribution in [0, 0.1) is 0 Å². The lowest BCUT2D eigenvalue weighted by Crippen LogP contribution is -2.43. The van der Waals surface area contributed by atoms with Gasteiger partial charge in [0.05, 0.1) is 7.11 Å². The molecule has 0 radical (unpaired) electrons. The highest BCUT2D eigenvalue weighted by molar-refractivity contribution is 7.99. The Morgan fingerprint density at radius 2 is 1.64 bits per heavy atom. The summed E-state index contributed by atoms with van der Waals surface area (Å²) in [5.41, 5.74) is 0.515. The first-order valence-electron chi connectivity index (χ1n) is 6.82. The van der Waals surface area contributed by atoms with E-state index in [4.69, 9.17) is 4.74 Å². The topological polar surface area (TPSA) is 55.4 Å². The number of rotatable bonds is 6. The molecule has 1 amide bonds. The first-order valence-corrected chi connectivity index (χ1v) is 7.81. The molecule has 0 spiro atoms. The molecule has 114 valence electrons. The van der Waals surface area contributed by atoms with Gasteiger partial charge in [0.1, 0.15) is 6.04 Å². The van der Waals surface area contributed by atoms with Crippen molar-refractivity contribution < 1.29 is 14.3 Å². The maximum absolute atomic E-state index is 12.2. The van der Waals surface area contributed by atoms with Gasteiger partial charge < -0.3 is 10.1 Å². The molecule has 0 fully saturated rings. The van der Waals surface area contributed by atoms with Gasteiger partial charge in [-0.3, -0.25) is 4.79 Å². The minimum Gasteiger partial charge on any atom is -0.467 e. The molecule has 4 nitrogen and oxygen atoms in total. The van der Waals surface area contributed by atoms with E-state index in [1.54, 1.807) is 24.3 Å². The van der Waals surface area contributed by atoms with Gasteiger partial charge in [-0.25, -0.2) is 4.79 Å². The van der Waals surface area contributed by atoms with Gasteiger partial charge in [0.15, 0.2) is 0 Å². The second-order valence-corrected chi connectivity index (χ2v) is 5.63. The zero-order valence-electron chi connectivity index (χ0n) is 12.2. The molecule has 0 saturated carbocycles. The second kappa shape index (κ2) is 8.24. The van der Waals surface area contributed by atoms with Gasteiger partial charge in [-0.05, 0) is 24.3 Å². The molecule has 0 aliphatic heterocycles. The van der Waals surface area contributed by atoms with E-state index in [-0.39, 0.29) is 5.91 Å². The molecule has 0 aromatic heterocycles. The number of esters is 1. The Bertz CT molecular complexity index is 616. The van der Waals surface area contributed by atoms with Crippen molar-refractivity contribution in [3.05, 3.63) is 66.2 Å². The number of nitrogens with one attached hydrogen (secondary N) is 1. The van der Waals surface area contributed by atoms with Crippen molar-refractivity contribution >= 4 is 23.6 Å². The second-order valence-electron chi connectivity index (χ2n) is 4.54. The monoisotopic (exact) mass is 315 g/mol. The van der Waals surface area contributed by atoms with E-state index < -0.39 is 12.0 Å². The summed E-state index contributed by atoms with van der Waals surface area (Å²) in [5, 5.41) is 2.72. The zero-order valence-corrected chi connectivity index (χ0v) is 13.0. The third-order valence-electron chi connectivity index (χ3n) is 2.99. The molecule has 1 unspecified atom stereocenters. The molecule has 0 heterocycles. The molecule has 0 aliphatic rings. The molecule has 5 heteroatoms. The van der Waals surface area contributed by atoms with E-state index in [1.807, 2.05) is 36.4 Å². The normalized spacial score (nSPS) is 11.5. The predicted octanol–water partition coefficient (Wildman–Crippen LogP) is 2.75. The molecule has 1 N–H and O–H groups in total. The van der Waals surface area contributed by atoms with E-state index in [0.717, 1.165) is 4.90 Å². The fourth-order valence-corrected chi connectivity index (χ4v) is 2.77. The molecular weight excluding hydrogens is 298 g/mol. The van der Waals surface area contributed by atoms with Crippen molar-refractivity contribution in [2.45, 2.75) is 10.9 Å². The Morgan fingerprint density at radius 3 is 2.23 bits per heavy atom. The summed E-state index contributed by atoms with van der Waals surface area (Å²) in [6.07, 6.45) is 0. The number of methoxy groups -OCH3 is 1. The molecule has 0 aliphatic carbocycles. The number of thioether (sulfide) groups is 1. The SMILES string of the molecule is COC(=O)C(CSc1ccccc1)NC(=O)c1ccccc1. The lowest BCUT2D eigenvalue weighted by atomic mass is 10.2. The summed E-state index contributed by atoms with van der Waals surface area (Å²) in [4.78, 5) is 25.0. The van der Waals surface area contributed by atoms with Gasteiger partial charge in [-0.15, -0.1) is 11.8 Å². The number of hydrogen-bond donors (Lipinski definition) is 1. The highest BCUT2D eigenvalue weighted by Crippen LogP contribution is 2.18. The molecule has 0 bridgehead atoms. The van der Waals surface area contributed by atoms with E-state index in [0.29, 0.717) is 11.3 Å². The Hall–Kier alpha value is -2.27. The van der Waals surface area contributed by atoms with Gasteiger partial charge in [0.25, 0.3) is 5.91 Å². The molecule has 2 aromatic carbocycles. The van der Waals surface area contributed by atoms with Crippen LogP contribution in [0.25, 0.3) is 0 Å². The largest absolute Gasteiger partial charge is 0.467 e. The van der Waals surface area contributed by atoms with Gasteiger partial charge >= 0.3 is 5.97 Å². The quantitative estimate of drug-likeness (QED) is 0.658. The van der Waals surface area contributed by atoms with Crippen LogP contribution in [0.4, 0.5) is 0 Å². The zero-order chi connectivity index (χ0) is 15.8. The first kappa shape index (κ1) is 16.1. The Morgan fingerprint density at radius 1 is 1.05 bits per heavy atom.